The van der Waals surface area contributed by atoms with E-state index in [4.69, 9.17) is 28.4 Å². The molecule has 1 aromatic rings. The molecular weight excluding hydrogens is 685 g/mol. The molecule has 18 rings (SSSR count). The second-order valence-electron chi connectivity index (χ2n) is 23.9. The molecule has 16 aliphatic carbocycles. The van der Waals surface area contributed by atoms with Crippen LogP contribution in [0, 0.1) is 71.0 Å². The summed E-state index contributed by atoms with van der Waals surface area (Å²) in [6.07, 6.45) is 31.3. The SMILES string of the molecule is c1c(OCC2CO2)c(OC23CC4CC(CC(C4)C2)C3)c(OC23CC4CC(CC(C4)C2)C3)c(OC23CC4CC(CC(C4)C2)C3)c1OC12CC3CC(CC(C3)C1)C2. The summed E-state index contributed by atoms with van der Waals surface area (Å²) in [5.74, 6) is 14.0. The normalized spacial score (nSPS) is 53.6. The second-order valence-corrected chi connectivity index (χ2v) is 23.9. The van der Waals surface area contributed by atoms with E-state index < -0.39 is 0 Å². The molecule has 1 unspecified atom stereocenters. The average Bonchev–Trinajstić information content (AvgIpc) is 3.92. The van der Waals surface area contributed by atoms with Crippen molar-refractivity contribution in [3.05, 3.63) is 6.07 Å². The zero-order chi connectivity index (χ0) is 35.7. The van der Waals surface area contributed by atoms with Crippen LogP contribution in [0.15, 0.2) is 6.07 Å². The zero-order valence-electron chi connectivity index (χ0n) is 33.4. The number of hydrogen-bond donors (Lipinski definition) is 0. The van der Waals surface area contributed by atoms with Gasteiger partial charge in [0.15, 0.2) is 11.5 Å². The predicted octanol–water partition coefficient (Wildman–Crippen LogP) is 10.9. The minimum atomic E-state index is -0.149. The first kappa shape index (κ1) is 33.1. The van der Waals surface area contributed by atoms with Crippen LogP contribution < -0.4 is 23.7 Å². The fraction of sp³-hybridized carbons (Fsp3) is 0.878. The summed E-state index contributed by atoms with van der Waals surface area (Å²) in [7, 11) is 0. The number of rotatable bonds is 11. The Labute approximate surface area is 329 Å². The Balaban J connectivity index is 0.945. The first-order valence-electron chi connectivity index (χ1n) is 24.0. The van der Waals surface area contributed by atoms with E-state index in [-0.39, 0.29) is 28.5 Å². The lowest BCUT2D eigenvalue weighted by molar-refractivity contribution is -0.131. The van der Waals surface area contributed by atoms with E-state index in [1.807, 2.05) is 0 Å². The molecule has 1 saturated heterocycles. The highest BCUT2D eigenvalue weighted by atomic mass is 16.6. The Morgan fingerprint density at radius 2 is 0.655 bits per heavy atom. The van der Waals surface area contributed by atoms with Crippen molar-refractivity contribution in [2.45, 2.75) is 183 Å². The van der Waals surface area contributed by atoms with Gasteiger partial charge in [-0.05, 0) is 225 Å². The quantitative estimate of drug-likeness (QED) is 0.210. The Morgan fingerprint density at radius 1 is 0.382 bits per heavy atom. The van der Waals surface area contributed by atoms with Crippen LogP contribution in [0.2, 0.25) is 0 Å². The van der Waals surface area contributed by atoms with Crippen LogP contribution in [0.1, 0.15) is 154 Å². The van der Waals surface area contributed by atoms with Gasteiger partial charge in [0.1, 0.15) is 35.1 Å². The van der Waals surface area contributed by atoms with E-state index in [9.17, 15) is 0 Å². The standard InChI is InChI=1S/C49H66O6/c1-28-2-30-3-29(1)15-46(14-28,16-30)52-42-13-41(51-27-40-26-50-40)43(53-47-17-31-4-32(18-47)6-33(5-31)19-47)45(55-49-23-37-10-38(24-49)12-39(11-37)25-49)44(42)54-48-20-34-7-35(21-48)9-36(8-34)22-48/h13,28-40H,1-12,14-27H2. The molecule has 1 aromatic carbocycles. The lowest BCUT2D eigenvalue weighted by Gasteiger charge is -2.58. The Morgan fingerprint density at radius 3 is 0.964 bits per heavy atom. The molecule has 17 aliphatic rings. The maximum absolute atomic E-state index is 7.99. The van der Waals surface area contributed by atoms with Gasteiger partial charge in [0, 0.05) is 6.07 Å². The third kappa shape index (κ3) is 5.53. The van der Waals surface area contributed by atoms with E-state index in [2.05, 4.69) is 6.07 Å². The third-order valence-electron chi connectivity index (χ3n) is 19.2. The molecular formula is C49H66O6. The molecule has 16 saturated carbocycles. The largest absolute Gasteiger partial charge is 0.487 e. The summed E-state index contributed by atoms with van der Waals surface area (Å²) in [5.41, 5.74) is -0.519. The van der Waals surface area contributed by atoms with Crippen LogP contribution in [-0.4, -0.2) is 41.7 Å². The molecule has 0 radical (unpaired) electrons. The van der Waals surface area contributed by atoms with Gasteiger partial charge in [-0.3, -0.25) is 0 Å². The van der Waals surface area contributed by atoms with Crippen LogP contribution in [0.4, 0.5) is 0 Å². The van der Waals surface area contributed by atoms with Crippen molar-refractivity contribution in [1.82, 2.24) is 0 Å². The van der Waals surface area contributed by atoms with Crippen LogP contribution in [-0.2, 0) is 4.74 Å². The number of hydrogen-bond acceptors (Lipinski definition) is 6. The third-order valence-corrected chi connectivity index (χ3v) is 19.2. The van der Waals surface area contributed by atoms with Crippen LogP contribution in [0.3, 0.4) is 0 Å². The molecule has 17 fully saturated rings. The van der Waals surface area contributed by atoms with Crippen LogP contribution >= 0.6 is 0 Å². The average molecular weight is 751 g/mol. The van der Waals surface area contributed by atoms with Gasteiger partial charge in [0.2, 0.25) is 17.2 Å². The molecule has 0 spiro atoms. The molecule has 0 N–H and O–H groups in total. The van der Waals surface area contributed by atoms with Gasteiger partial charge in [0.25, 0.3) is 0 Å². The number of ether oxygens (including phenoxy) is 6. The second kappa shape index (κ2) is 11.5. The van der Waals surface area contributed by atoms with E-state index in [0.717, 1.165) is 106 Å². The molecule has 298 valence electrons. The van der Waals surface area contributed by atoms with Crippen molar-refractivity contribution in [3.8, 4) is 28.7 Å². The fourth-order valence-corrected chi connectivity index (χ4v) is 18.9. The molecule has 1 atom stereocenters. The maximum atomic E-state index is 7.99. The molecule has 1 aliphatic heterocycles. The van der Waals surface area contributed by atoms with Crippen LogP contribution in [0.5, 0.6) is 28.7 Å². The predicted molar refractivity (Wildman–Crippen MR) is 208 cm³/mol. The van der Waals surface area contributed by atoms with Gasteiger partial charge in [0.05, 0.1) is 6.61 Å². The summed E-state index contributed by atoms with van der Waals surface area (Å²) in [4.78, 5) is 0. The van der Waals surface area contributed by atoms with E-state index in [1.54, 1.807) is 0 Å². The monoisotopic (exact) mass is 750 g/mol. The highest BCUT2D eigenvalue weighted by molar-refractivity contribution is 5.67. The highest BCUT2D eigenvalue weighted by Crippen LogP contribution is 2.66. The van der Waals surface area contributed by atoms with Crippen molar-refractivity contribution in [2.75, 3.05) is 13.2 Å². The first-order chi connectivity index (χ1) is 26.8. The Kier molecular flexibility index (Phi) is 6.89. The summed E-state index contributed by atoms with van der Waals surface area (Å²) in [5, 5.41) is 0. The Bertz CT molecular complexity index is 1600. The summed E-state index contributed by atoms with van der Waals surface area (Å²) < 4.78 is 44.3. The van der Waals surface area contributed by atoms with E-state index >= 15 is 0 Å². The summed E-state index contributed by atoms with van der Waals surface area (Å²) in [6, 6.07) is 2.28. The maximum Gasteiger partial charge on any atom is 0.212 e. The lowest BCUT2D eigenvalue weighted by atomic mass is 9.54. The molecule has 0 aromatic heterocycles. The number of epoxide rings is 1. The fourth-order valence-electron chi connectivity index (χ4n) is 18.9. The smallest absolute Gasteiger partial charge is 0.212 e. The molecule has 6 nitrogen and oxygen atoms in total. The number of benzene rings is 1. The summed E-state index contributed by atoms with van der Waals surface area (Å²) in [6.45, 7) is 1.34. The van der Waals surface area contributed by atoms with Gasteiger partial charge >= 0.3 is 0 Å². The Hall–Kier alpha value is -1.82. The van der Waals surface area contributed by atoms with E-state index in [1.165, 1.54) is 154 Å². The first-order valence-corrected chi connectivity index (χ1v) is 24.0. The molecule has 55 heavy (non-hydrogen) atoms. The van der Waals surface area contributed by atoms with Crippen molar-refractivity contribution >= 4 is 0 Å². The van der Waals surface area contributed by atoms with Crippen LogP contribution in [0.25, 0.3) is 0 Å². The van der Waals surface area contributed by atoms with Gasteiger partial charge in [-0.2, -0.15) is 0 Å². The van der Waals surface area contributed by atoms with Gasteiger partial charge < -0.3 is 28.4 Å². The van der Waals surface area contributed by atoms with Crippen molar-refractivity contribution in [3.63, 3.8) is 0 Å². The molecule has 6 heteroatoms. The minimum absolute atomic E-state index is 0.106. The van der Waals surface area contributed by atoms with E-state index in [0.29, 0.717) is 6.61 Å². The van der Waals surface area contributed by atoms with Gasteiger partial charge in [-0.15, -0.1) is 0 Å². The minimum Gasteiger partial charge on any atom is -0.487 e. The van der Waals surface area contributed by atoms with Gasteiger partial charge in [-0.25, -0.2) is 0 Å². The van der Waals surface area contributed by atoms with Crippen molar-refractivity contribution < 1.29 is 28.4 Å². The van der Waals surface area contributed by atoms with Gasteiger partial charge in [-0.1, -0.05) is 0 Å². The van der Waals surface area contributed by atoms with Crippen molar-refractivity contribution in [2.24, 2.45) is 71.0 Å². The van der Waals surface area contributed by atoms with Crippen molar-refractivity contribution in [1.29, 1.82) is 0 Å². The molecule has 16 bridgehead atoms. The highest BCUT2D eigenvalue weighted by Gasteiger charge is 2.59. The topological polar surface area (TPSA) is 58.7 Å². The zero-order valence-corrected chi connectivity index (χ0v) is 33.4. The lowest BCUT2D eigenvalue weighted by Crippen LogP contribution is -2.55. The summed E-state index contributed by atoms with van der Waals surface area (Å²) >= 11 is 0. The molecule has 1 heterocycles. The molecule has 0 amide bonds.